The summed E-state index contributed by atoms with van der Waals surface area (Å²) in [5, 5.41) is 3.04. The Bertz CT molecular complexity index is 1170. The van der Waals surface area contributed by atoms with E-state index < -0.39 is 23.5 Å². The Labute approximate surface area is 186 Å². The third-order valence-corrected chi connectivity index (χ3v) is 4.93. The number of methoxy groups -OCH3 is 2. The van der Waals surface area contributed by atoms with Crippen molar-refractivity contribution in [2.75, 3.05) is 20.8 Å². The summed E-state index contributed by atoms with van der Waals surface area (Å²) >= 11 is 3.35. The molecule has 0 aliphatic rings. The molecule has 162 valence electrons. The molecule has 0 saturated carbocycles. The highest BCUT2D eigenvalue weighted by Gasteiger charge is 2.26. The summed E-state index contributed by atoms with van der Waals surface area (Å²) in [5.74, 6) is -0.498. The first-order chi connectivity index (χ1) is 14.9. The molecule has 31 heavy (non-hydrogen) atoms. The van der Waals surface area contributed by atoms with E-state index in [-0.39, 0.29) is 17.8 Å². The normalized spacial score (nSPS) is 11.6. The number of rotatable bonds is 7. The zero-order valence-electron chi connectivity index (χ0n) is 17.1. The van der Waals surface area contributed by atoms with E-state index in [0.29, 0.717) is 26.9 Å². The highest BCUT2D eigenvalue weighted by molar-refractivity contribution is 9.10. The summed E-state index contributed by atoms with van der Waals surface area (Å²) in [6.45, 7) is 1.79. The number of carbonyl (C=O) groups is 2. The standard InChI is InChI=1S/C22H20BrNO7/c1-4-30-22(27)18(12-5-7-15(28-2)8-6-12)24-20(25)16-10-13-9-14(23)11-17(29-3)19(13)31-21(16)26/h5-11,18H,4H2,1-3H3,(H,24,25)/t18-/m0/s1. The van der Waals surface area contributed by atoms with E-state index in [0.717, 1.165) is 0 Å². The van der Waals surface area contributed by atoms with Gasteiger partial charge in [-0.05, 0) is 42.8 Å². The Morgan fingerprint density at radius 1 is 1.10 bits per heavy atom. The molecule has 9 heteroatoms. The first-order valence-electron chi connectivity index (χ1n) is 9.30. The van der Waals surface area contributed by atoms with Crippen LogP contribution in [0.4, 0.5) is 0 Å². The second kappa shape index (κ2) is 9.65. The van der Waals surface area contributed by atoms with Crippen LogP contribution in [0.15, 0.2) is 56.1 Å². The van der Waals surface area contributed by atoms with Crippen molar-refractivity contribution in [3.8, 4) is 11.5 Å². The van der Waals surface area contributed by atoms with E-state index in [4.69, 9.17) is 18.6 Å². The van der Waals surface area contributed by atoms with Gasteiger partial charge in [0, 0.05) is 9.86 Å². The molecule has 3 rings (SSSR count). The summed E-state index contributed by atoms with van der Waals surface area (Å²) in [4.78, 5) is 37.9. The summed E-state index contributed by atoms with van der Waals surface area (Å²) in [7, 11) is 2.96. The number of benzene rings is 2. The summed E-state index contributed by atoms with van der Waals surface area (Å²) in [5.41, 5.74) is -0.426. The van der Waals surface area contributed by atoms with Crippen LogP contribution in [0.2, 0.25) is 0 Å². The Hall–Kier alpha value is -3.33. The molecule has 2 aromatic carbocycles. The third-order valence-electron chi connectivity index (χ3n) is 4.47. The van der Waals surface area contributed by atoms with Crippen LogP contribution in [0.25, 0.3) is 11.0 Å². The predicted molar refractivity (Wildman–Crippen MR) is 117 cm³/mol. The predicted octanol–water partition coefficient (Wildman–Crippen LogP) is 3.61. The highest BCUT2D eigenvalue weighted by Crippen LogP contribution is 2.29. The average molecular weight is 490 g/mol. The van der Waals surface area contributed by atoms with Crippen LogP contribution in [-0.2, 0) is 9.53 Å². The van der Waals surface area contributed by atoms with Gasteiger partial charge in [0.05, 0.1) is 20.8 Å². The van der Waals surface area contributed by atoms with Gasteiger partial charge in [-0.1, -0.05) is 28.1 Å². The second-order valence-corrected chi connectivity index (χ2v) is 7.32. The van der Waals surface area contributed by atoms with E-state index in [2.05, 4.69) is 21.2 Å². The summed E-state index contributed by atoms with van der Waals surface area (Å²) in [6, 6.07) is 10.2. The minimum atomic E-state index is -1.12. The molecule has 1 amide bonds. The lowest BCUT2D eigenvalue weighted by atomic mass is 10.1. The molecular formula is C22H20BrNO7. The number of hydrogen-bond donors (Lipinski definition) is 1. The molecule has 0 unspecified atom stereocenters. The first-order valence-corrected chi connectivity index (χ1v) is 10.1. The topological polar surface area (TPSA) is 104 Å². The fourth-order valence-electron chi connectivity index (χ4n) is 2.99. The molecule has 0 bridgehead atoms. The molecule has 0 aliphatic carbocycles. The fraction of sp³-hybridized carbons (Fsp3) is 0.227. The van der Waals surface area contributed by atoms with Crippen LogP contribution in [0, 0.1) is 0 Å². The quantitative estimate of drug-likeness (QED) is 0.399. The third kappa shape index (κ3) is 4.88. The molecule has 1 aromatic heterocycles. The van der Waals surface area contributed by atoms with Crippen molar-refractivity contribution in [2.24, 2.45) is 0 Å². The fourth-order valence-corrected chi connectivity index (χ4v) is 3.44. The molecule has 0 radical (unpaired) electrons. The van der Waals surface area contributed by atoms with Gasteiger partial charge in [-0.3, -0.25) is 4.79 Å². The van der Waals surface area contributed by atoms with E-state index in [1.54, 1.807) is 43.3 Å². The number of esters is 1. The number of halogens is 1. The van der Waals surface area contributed by atoms with Crippen LogP contribution >= 0.6 is 15.9 Å². The van der Waals surface area contributed by atoms with Crippen LogP contribution < -0.4 is 20.4 Å². The molecule has 8 nitrogen and oxygen atoms in total. The molecule has 0 saturated heterocycles. The number of carbonyl (C=O) groups excluding carboxylic acids is 2. The minimum absolute atomic E-state index is 0.132. The van der Waals surface area contributed by atoms with Crippen LogP contribution in [0.3, 0.4) is 0 Å². The molecule has 1 heterocycles. The van der Waals surface area contributed by atoms with Gasteiger partial charge in [0.1, 0.15) is 11.3 Å². The lowest BCUT2D eigenvalue weighted by Crippen LogP contribution is -2.37. The molecule has 0 fully saturated rings. The van der Waals surface area contributed by atoms with Gasteiger partial charge >= 0.3 is 11.6 Å². The zero-order chi connectivity index (χ0) is 22.5. The van der Waals surface area contributed by atoms with E-state index in [1.807, 2.05) is 0 Å². The molecule has 3 aromatic rings. The maximum absolute atomic E-state index is 12.9. The van der Waals surface area contributed by atoms with E-state index in [1.165, 1.54) is 20.3 Å². The molecule has 0 spiro atoms. The second-order valence-electron chi connectivity index (χ2n) is 6.41. The zero-order valence-corrected chi connectivity index (χ0v) is 18.6. The number of nitrogens with one attached hydrogen (secondary N) is 1. The lowest BCUT2D eigenvalue weighted by Gasteiger charge is -2.18. The van der Waals surface area contributed by atoms with Crippen molar-refractivity contribution in [3.05, 3.63) is 68.5 Å². The number of fused-ring (bicyclic) bond motifs is 1. The van der Waals surface area contributed by atoms with E-state index in [9.17, 15) is 14.4 Å². The molecule has 1 atom stereocenters. The van der Waals surface area contributed by atoms with E-state index >= 15 is 0 Å². The van der Waals surface area contributed by atoms with Crippen molar-refractivity contribution in [2.45, 2.75) is 13.0 Å². The van der Waals surface area contributed by atoms with Crippen molar-refractivity contribution in [3.63, 3.8) is 0 Å². The van der Waals surface area contributed by atoms with Crippen molar-refractivity contribution < 1.29 is 28.2 Å². The SMILES string of the molecule is CCOC(=O)[C@@H](NC(=O)c1cc2cc(Br)cc(OC)c2oc1=O)c1ccc(OC)cc1. The van der Waals surface area contributed by atoms with Gasteiger partial charge in [0.2, 0.25) is 0 Å². The van der Waals surface area contributed by atoms with Gasteiger partial charge in [-0.25, -0.2) is 9.59 Å². The average Bonchev–Trinajstić information content (AvgIpc) is 2.76. The largest absolute Gasteiger partial charge is 0.497 e. The Morgan fingerprint density at radius 2 is 1.81 bits per heavy atom. The van der Waals surface area contributed by atoms with Gasteiger partial charge in [-0.2, -0.15) is 0 Å². The molecular weight excluding hydrogens is 470 g/mol. The number of hydrogen-bond acceptors (Lipinski definition) is 7. The maximum Gasteiger partial charge on any atom is 0.349 e. The maximum atomic E-state index is 12.9. The number of amides is 1. The summed E-state index contributed by atoms with van der Waals surface area (Å²) in [6.07, 6.45) is 0. The molecule has 1 N–H and O–H groups in total. The highest BCUT2D eigenvalue weighted by atomic mass is 79.9. The monoisotopic (exact) mass is 489 g/mol. The first kappa shape index (κ1) is 22.4. The van der Waals surface area contributed by atoms with Crippen LogP contribution in [0.5, 0.6) is 11.5 Å². The van der Waals surface area contributed by atoms with Gasteiger partial charge < -0.3 is 23.9 Å². The van der Waals surface area contributed by atoms with Crippen molar-refractivity contribution in [1.82, 2.24) is 5.32 Å². The lowest BCUT2D eigenvalue weighted by molar-refractivity contribution is -0.145. The Morgan fingerprint density at radius 3 is 2.42 bits per heavy atom. The number of ether oxygens (including phenoxy) is 3. The Balaban J connectivity index is 1.99. The van der Waals surface area contributed by atoms with Gasteiger partial charge in [-0.15, -0.1) is 0 Å². The Kier molecular flexibility index (Phi) is 6.96. The van der Waals surface area contributed by atoms with Crippen molar-refractivity contribution >= 4 is 38.8 Å². The van der Waals surface area contributed by atoms with Crippen molar-refractivity contribution in [1.29, 1.82) is 0 Å². The smallest absolute Gasteiger partial charge is 0.349 e. The minimum Gasteiger partial charge on any atom is -0.497 e. The van der Waals surface area contributed by atoms with Gasteiger partial charge in [0.15, 0.2) is 17.4 Å². The summed E-state index contributed by atoms with van der Waals surface area (Å²) < 4.78 is 21.4. The van der Waals surface area contributed by atoms with Crippen LogP contribution in [0.1, 0.15) is 28.9 Å². The van der Waals surface area contributed by atoms with Gasteiger partial charge in [0.25, 0.3) is 5.91 Å². The van der Waals surface area contributed by atoms with Crippen LogP contribution in [-0.4, -0.2) is 32.7 Å². The molecule has 0 aliphatic heterocycles.